The number of methoxy groups -OCH3 is 1. The molecule has 0 aliphatic carbocycles. The molecule has 0 radical (unpaired) electrons. The Morgan fingerprint density at radius 3 is 2.69 bits per heavy atom. The lowest BCUT2D eigenvalue weighted by molar-refractivity contribution is -0.122. The normalized spacial score (nSPS) is 11.9. The maximum atomic E-state index is 13.0. The van der Waals surface area contributed by atoms with Gasteiger partial charge in [-0.25, -0.2) is 0 Å². The molecule has 1 amide bonds. The minimum atomic E-state index is -0.360. The van der Waals surface area contributed by atoms with Crippen molar-refractivity contribution in [2.75, 3.05) is 7.11 Å². The van der Waals surface area contributed by atoms with Crippen molar-refractivity contribution in [3.63, 3.8) is 0 Å². The van der Waals surface area contributed by atoms with Gasteiger partial charge in [0.2, 0.25) is 5.91 Å². The Labute approximate surface area is 170 Å². The van der Waals surface area contributed by atoms with Gasteiger partial charge in [-0.3, -0.25) is 9.78 Å². The number of hydrogen-bond donors (Lipinski definition) is 1. The summed E-state index contributed by atoms with van der Waals surface area (Å²) in [6.45, 7) is 2.26. The van der Waals surface area contributed by atoms with Gasteiger partial charge in [0.25, 0.3) is 0 Å². The van der Waals surface area contributed by atoms with E-state index in [0.717, 1.165) is 33.6 Å². The van der Waals surface area contributed by atoms with Crippen LogP contribution < -0.4 is 10.1 Å². The first-order valence-electron chi connectivity index (χ1n) is 9.55. The molecular formula is C24H23N3O2. The molecule has 0 aliphatic rings. The summed E-state index contributed by atoms with van der Waals surface area (Å²) in [5.74, 6) is 0.665. The average Bonchev–Trinajstić information content (AvgIpc) is 3.07. The van der Waals surface area contributed by atoms with Crippen LogP contribution >= 0.6 is 0 Å². The first-order valence-corrected chi connectivity index (χ1v) is 9.55. The summed E-state index contributed by atoms with van der Waals surface area (Å²) in [6.07, 6.45) is 1.73. The molecule has 1 N–H and O–H groups in total. The number of amides is 1. The number of rotatable bonds is 6. The first kappa shape index (κ1) is 18.7. The summed E-state index contributed by atoms with van der Waals surface area (Å²) >= 11 is 0. The van der Waals surface area contributed by atoms with Crippen LogP contribution in [0, 0.1) is 6.92 Å². The fourth-order valence-corrected chi connectivity index (χ4v) is 3.60. The lowest BCUT2D eigenvalue weighted by Gasteiger charge is -2.20. The van der Waals surface area contributed by atoms with Crippen molar-refractivity contribution in [1.82, 2.24) is 14.9 Å². The third kappa shape index (κ3) is 3.99. The van der Waals surface area contributed by atoms with Crippen LogP contribution in [0.4, 0.5) is 0 Å². The molecular weight excluding hydrogens is 362 g/mol. The molecule has 0 spiro atoms. The summed E-state index contributed by atoms with van der Waals surface area (Å²) in [4.78, 5) is 17.5. The molecule has 0 saturated heterocycles. The van der Waals surface area contributed by atoms with Crippen LogP contribution in [0.15, 0.2) is 79.0 Å². The van der Waals surface area contributed by atoms with E-state index in [1.807, 2.05) is 72.2 Å². The second-order valence-electron chi connectivity index (χ2n) is 6.96. The number of carbonyl (C=O) groups excluding carboxylic acids is 1. The maximum absolute atomic E-state index is 13.0. The van der Waals surface area contributed by atoms with Crippen molar-refractivity contribution in [2.24, 2.45) is 0 Å². The van der Waals surface area contributed by atoms with Gasteiger partial charge >= 0.3 is 0 Å². The zero-order valence-electron chi connectivity index (χ0n) is 16.5. The predicted molar refractivity (Wildman–Crippen MR) is 114 cm³/mol. The van der Waals surface area contributed by atoms with Gasteiger partial charge in [0.1, 0.15) is 12.3 Å². The molecule has 29 heavy (non-hydrogen) atoms. The summed E-state index contributed by atoms with van der Waals surface area (Å²) < 4.78 is 7.39. The molecule has 0 saturated carbocycles. The van der Waals surface area contributed by atoms with Gasteiger partial charge in [-0.2, -0.15) is 0 Å². The lowest BCUT2D eigenvalue weighted by atomic mass is 10.0. The Morgan fingerprint density at radius 2 is 1.90 bits per heavy atom. The van der Waals surface area contributed by atoms with Gasteiger partial charge in [0.05, 0.1) is 18.8 Å². The van der Waals surface area contributed by atoms with Gasteiger partial charge < -0.3 is 14.6 Å². The van der Waals surface area contributed by atoms with E-state index in [4.69, 9.17) is 4.74 Å². The van der Waals surface area contributed by atoms with Crippen molar-refractivity contribution in [3.8, 4) is 5.75 Å². The zero-order valence-corrected chi connectivity index (χ0v) is 16.5. The topological polar surface area (TPSA) is 56.1 Å². The van der Waals surface area contributed by atoms with E-state index in [2.05, 4.69) is 22.4 Å². The molecule has 2 aromatic carbocycles. The number of ether oxygens (including phenoxy) is 1. The number of fused-ring (bicyclic) bond motifs is 1. The highest BCUT2D eigenvalue weighted by molar-refractivity contribution is 5.84. The molecule has 0 aliphatic heterocycles. The summed E-state index contributed by atoms with van der Waals surface area (Å²) in [5.41, 5.74) is 3.81. The van der Waals surface area contributed by atoms with Crippen molar-refractivity contribution in [2.45, 2.75) is 19.5 Å². The molecule has 4 rings (SSSR count). The Bertz CT molecular complexity index is 1140. The largest absolute Gasteiger partial charge is 0.497 e. The van der Waals surface area contributed by atoms with E-state index in [0.29, 0.717) is 0 Å². The van der Waals surface area contributed by atoms with Gasteiger partial charge in [-0.15, -0.1) is 0 Å². The second-order valence-corrected chi connectivity index (χ2v) is 6.96. The highest BCUT2D eigenvalue weighted by atomic mass is 16.5. The fraction of sp³-hybridized carbons (Fsp3) is 0.167. The van der Waals surface area contributed by atoms with Crippen LogP contribution in [0.5, 0.6) is 5.75 Å². The van der Waals surface area contributed by atoms with Crippen LogP contribution in [-0.2, 0) is 11.3 Å². The quantitative estimate of drug-likeness (QED) is 0.540. The van der Waals surface area contributed by atoms with Crippen LogP contribution in [0.1, 0.15) is 23.0 Å². The number of nitrogens with one attached hydrogen (secondary N) is 1. The third-order valence-corrected chi connectivity index (χ3v) is 5.04. The van der Waals surface area contributed by atoms with Crippen molar-refractivity contribution in [1.29, 1.82) is 0 Å². The molecule has 4 aromatic rings. The van der Waals surface area contributed by atoms with E-state index in [-0.39, 0.29) is 18.5 Å². The molecule has 1 atom stereocenters. The van der Waals surface area contributed by atoms with Crippen LogP contribution in [-0.4, -0.2) is 22.6 Å². The van der Waals surface area contributed by atoms with E-state index in [1.165, 1.54) is 0 Å². The lowest BCUT2D eigenvalue weighted by Crippen LogP contribution is -2.32. The number of benzene rings is 2. The Kier molecular flexibility index (Phi) is 5.29. The number of pyridine rings is 1. The SMILES string of the molecule is COc1cccc(C(NC(=O)Cn2c(C)cc3ccccc32)c2ccccn2)c1. The Hall–Kier alpha value is -3.60. The summed E-state index contributed by atoms with van der Waals surface area (Å²) in [7, 11) is 1.63. The molecule has 0 bridgehead atoms. The van der Waals surface area contributed by atoms with E-state index in [9.17, 15) is 4.79 Å². The number of nitrogens with zero attached hydrogens (tertiary/aromatic N) is 2. The molecule has 0 fully saturated rings. The number of para-hydroxylation sites is 1. The standard InChI is InChI=1S/C24H23N3O2/c1-17-14-18-8-3-4-12-22(18)27(17)16-23(28)26-24(21-11-5-6-13-25-21)19-9-7-10-20(15-19)29-2/h3-15,24H,16H2,1-2H3,(H,26,28). The highest BCUT2D eigenvalue weighted by Crippen LogP contribution is 2.24. The minimum absolute atomic E-state index is 0.0760. The third-order valence-electron chi connectivity index (χ3n) is 5.04. The van der Waals surface area contributed by atoms with Gasteiger partial charge in [0, 0.05) is 17.4 Å². The fourth-order valence-electron chi connectivity index (χ4n) is 3.60. The molecule has 146 valence electrons. The Morgan fingerprint density at radius 1 is 1.07 bits per heavy atom. The smallest absolute Gasteiger partial charge is 0.240 e. The Balaban J connectivity index is 1.63. The van der Waals surface area contributed by atoms with Crippen LogP contribution in [0.2, 0.25) is 0 Å². The number of carbonyl (C=O) groups is 1. The van der Waals surface area contributed by atoms with E-state index < -0.39 is 0 Å². The number of hydrogen-bond acceptors (Lipinski definition) is 3. The molecule has 2 aromatic heterocycles. The van der Waals surface area contributed by atoms with Gasteiger partial charge in [-0.05, 0) is 54.3 Å². The first-order chi connectivity index (χ1) is 14.2. The predicted octanol–water partition coefficient (Wildman–Crippen LogP) is 4.26. The molecule has 1 unspecified atom stereocenters. The molecule has 5 heteroatoms. The number of aryl methyl sites for hydroxylation is 1. The second kappa shape index (κ2) is 8.19. The van der Waals surface area contributed by atoms with Gasteiger partial charge in [0.15, 0.2) is 0 Å². The van der Waals surface area contributed by atoms with E-state index in [1.54, 1.807) is 13.3 Å². The highest BCUT2D eigenvalue weighted by Gasteiger charge is 2.19. The van der Waals surface area contributed by atoms with Crippen molar-refractivity contribution < 1.29 is 9.53 Å². The van der Waals surface area contributed by atoms with Crippen LogP contribution in [0.25, 0.3) is 10.9 Å². The minimum Gasteiger partial charge on any atom is -0.497 e. The van der Waals surface area contributed by atoms with Crippen molar-refractivity contribution >= 4 is 16.8 Å². The summed E-state index contributed by atoms with van der Waals surface area (Å²) in [6, 6.07) is 23.2. The molecule has 2 heterocycles. The number of aromatic nitrogens is 2. The maximum Gasteiger partial charge on any atom is 0.240 e. The van der Waals surface area contributed by atoms with Crippen molar-refractivity contribution in [3.05, 3.63) is 95.9 Å². The van der Waals surface area contributed by atoms with E-state index >= 15 is 0 Å². The summed E-state index contributed by atoms with van der Waals surface area (Å²) in [5, 5.41) is 4.28. The average molecular weight is 385 g/mol. The zero-order chi connectivity index (χ0) is 20.2. The van der Waals surface area contributed by atoms with Crippen LogP contribution in [0.3, 0.4) is 0 Å². The van der Waals surface area contributed by atoms with Gasteiger partial charge in [-0.1, -0.05) is 36.4 Å². The monoisotopic (exact) mass is 385 g/mol. The molecule has 5 nitrogen and oxygen atoms in total.